The van der Waals surface area contributed by atoms with Gasteiger partial charge in [-0.05, 0) is 68.3 Å². The molecule has 0 atom stereocenters. The highest BCUT2D eigenvalue weighted by atomic mass is 35.5. The smallest absolute Gasteiger partial charge is 0.366 e. The van der Waals surface area contributed by atoms with Crippen molar-refractivity contribution in [3.05, 3.63) is 70.0 Å². The van der Waals surface area contributed by atoms with E-state index in [2.05, 4.69) is 16.4 Å². The first-order valence-corrected chi connectivity index (χ1v) is 7.80. The Hall–Kier alpha value is -2.66. The van der Waals surface area contributed by atoms with Crippen LogP contribution in [-0.4, -0.2) is 21.0 Å². The van der Waals surface area contributed by atoms with E-state index in [-0.39, 0.29) is 5.69 Å². The summed E-state index contributed by atoms with van der Waals surface area (Å²) in [5.41, 5.74) is 3.90. The van der Waals surface area contributed by atoms with Gasteiger partial charge in [-0.3, -0.25) is 0 Å². The number of aromatic nitrogens is 3. The fraction of sp³-hybridized carbons (Fsp3) is 0.167. The van der Waals surface area contributed by atoms with Crippen molar-refractivity contribution >= 4 is 17.6 Å². The molecule has 3 aromatic rings. The van der Waals surface area contributed by atoms with Crippen LogP contribution in [0.1, 0.15) is 27.3 Å². The van der Waals surface area contributed by atoms with Gasteiger partial charge in [-0.1, -0.05) is 22.9 Å². The number of benzene rings is 2. The molecule has 3 rings (SSSR count). The van der Waals surface area contributed by atoms with Crippen LogP contribution >= 0.6 is 11.6 Å². The van der Waals surface area contributed by atoms with Gasteiger partial charge in [-0.25, -0.2) is 9.48 Å². The minimum atomic E-state index is -0.551. The van der Waals surface area contributed by atoms with Crippen molar-refractivity contribution in [2.75, 3.05) is 0 Å². The number of hydrogen-bond acceptors (Lipinski definition) is 4. The molecule has 0 radical (unpaired) electrons. The maximum absolute atomic E-state index is 12.3. The summed E-state index contributed by atoms with van der Waals surface area (Å²) in [5.74, 6) is -0.143. The van der Waals surface area contributed by atoms with Gasteiger partial charge in [0.15, 0.2) is 5.69 Å². The molecule has 0 aliphatic rings. The molecule has 0 aliphatic carbocycles. The molecule has 0 unspecified atom stereocenters. The first-order chi connectivity index (χ1) is 11.4. The highest BCUT2D eigenvalue weighted by molar-refractivity contribution is 6.30. The summed E-state index contributed by atoms with van der Waals surface area (Å²) >= 11 is 5.82. The number of rotatable bonds is 3. The molecule has 0 saturated heterocycles. The predicted molar refractivity (Wildman–Crippen MR) is 92.0 cm³/mol. The Morgan fingerprint density at radius 2 is 1.67 bits per heavy atom. The number of ether oxygens (including phenoxy) is 1. The fourth-order valence-electron chi connectivity index (χ4n) is 2.49. The molecular weight excluding hydrogens is 326 g/mol. The number of nitrogens with zero attached hydrogens (tertiary/aromatic N) is 3. The quantitative estimate of drug-likeness (QED) is 0.532. The Morgan fingerprint density at radius 1 is 1.04 bits per heavy atom. The monoisotopic (exact) mass is 341 g/mol. The van der Waals surface area contributed by atoms with Crippen molar-refractivity contribution in [1.82, 2.24) is 15.0 Å². The number of carbonyl (C=O) groups excluding carboxylic acids is 1. The lowest BCUT2D eigenvalue weighted by atomic mass is 10.1. The lowest BCUT2D eigenvalue weighted by Crippen LogP contribution is -2.11. The highest BCUT2D eigenvalue weighted by Gasteiger charge is 2.19. The normalized spacial score (nSPS) is 10.7. The van der Waals surface area contributed by atoms with Crippen molar-refractivity contribution in [1.29, 1.82) is 0 Å². The van der Waals surface area contributed by atoms with Crippen LogP contribution in [0, 0.1) is 20.8 Å². The van der Waals surface area contributed by atoms with Crippen molar-refractivity contribution in [3.63, 3.8) is 0 Å². The zero-order chi connectivity index (χ0) is 17.3. The van der Waals surface area contributed by atoms with Gasteiger partial charge in [0, 0.05) is 5.02 Å². The second-order valence-corrected chi connectivity index (χ2v) is 6.06. The number of aryl methyl sites for hydroxylation is 2. The molecule has 1 heterocycles. The first kappa shape index (κ1) is 16.2. The molecule has 2 aromatic carbocycles. The summed E-state index contributed by atoms with van der Waals surface area (Å²) in [6, 6.07) is 12.6. The van der Waals surface area contributed by atoms with Gasteiger partial charge in [-0.2, -0.15) is 0 Å². The SMILES string of the molecule is Cc1cc(C)cc(-n2nnc(C(=O)Oc3ccc(Cl)cc3)c2C)c1. The summed E-state index contributed by atoms with van der Waals surface area (Å²) in [7, 11) is 0. The summed E-state index contributed by atoms with van der Waals surface area (Å²) in [6.45, 7) is 5.81. The van der Waals surface area contributed by atoms with Crippen LogP contribution in [0.15, 0.2) is 42.5 Å². The molecule has 0 aliphatic heterocycles. The van der Waals surface area contributed by atoms with Crippen molar-refractivity contribution in [3.8, 4) is 11.4 Å². The van der Waals surface area contributed by atoms with Gasteiger partial charge in [0.2, 0.25) is 0 Å². The molecule has 0 saturated carbocycles. The lowest BCUT2D eigenvalue weighted by Gasteiger charge is -2.07. The van der Waals surface area contributed by atoms with E-state index < -0.39 is 5.97 Å². The summed E-state index contributed by atoms with van der Waals surface area (Å²) in [5, 5.41) is 8.64. The molecular formula is C18H16ClN3O2. The van der Waals surface area contributed by atoms with E-state index in [4.69, 9.17) is 16.3 Å². The Bertz CT molecular complexity index is 881. The van der Waals surface area contributed by atoms with E-state index in [1.54, 1.807) is 35.9 Å². The molecule has 24 heavy (non-hydrogen) atoms. The van der Waals surface area contributed by atoms with E-state index in [9.17, 15) is 4.79 Å². The van der Waals surface area contributed by atoms with E-state index in [0.29, 0.717) is 16.5 Å². The zero-order valence-corrected chi connectivity index (χ0v) is 14.3. The van der Waals surface area contributed by atoms with Gasteiger partial charge >= 0.3 is 5.97 Å². The van der Waals surface area contributed by atoms with E-state index in [0.717, 1.165) is 16.8 Å². The molecule has 0 fully saturated rings. The number of halogens is 1. The van der Waals surface area contributed by atoms with Crippen molar-refractivity contribution in [2.45, 2.75) is 20.8 Å². The molecule has 1 aromatic heterocycles. The lowest BCUT2D eigenvalue weighted by molar-refractivity contribution is 0.0727. The third kappa shape index (κ3) is 3.31. The molecule has 0 spiro atoms. The third-order valence-electron chi connectivity index (χ3n) is 3.56. The van der Waals surface area contributed by atoms with Gasteiger partial charge < -0.3 is 4.74 Å². The van der Waals surface area contributed by atoms with Crippen LogP contribution in [0.2, 0.25) is 5.02 Å². The standard InChI is InChI=1S/C18H16ClN3O2/c1-11-8-12(2)10-15(9-11)22-13(3)17(20-21-22)18(23)24-16-6-4-14(19)5-7-16/h4-10H,1-3H3. The van der Waals surface area contributed by atoms with E-state index in [1.807, 2.05) is 26.0 Å². The van der Waals surface area contributed by atoms with Crippen LogP contribution < -0.4 is 4.74 Å². The first-order valence-electron chi connectivity index (χ1n) is 7.43. The number of carbonyl (C=O) groups is 1. The van der Waals surface area contributed by atoms with Crippen LogP contribution in [-0.2, 0) is 0 Å². The topological polar surface area (TPSA) is 57.0 Å². The maximum atomic E-state index is 12.3. The molecule has 5 nitrogen and oxygen atoms in total. The predicted octanol–water partition coefficient (Wildman–Crippen LogP) is 4.07. The second-order valence-electron chi connectivity index (χ2n) is 5.62. The van der Waals surface area contributed by atoms with E-state index >= 15 is 0 Å². The molecule has 122 valence electrons. The van der Waals surface area contributed by atoms with Crippen LogP contribution in [0.25, 0.3) is 5.69 Å². The minimum Gasteiger partial charge on any atom is -0.422 e. The molecule has 0 amide bonds. The van der Waals surface area contributed by atoms with Gasteiger partial charge in [0.1, 0.15) is 5.75 Å². The number of hydrogen-bond donors (Lipinski definition) is 0. The minimum absolute atomic E-state index is 0.184. The molecule has 0 N–H and O–H groups in total. The number of esters is 1. The average Bonchev–Trinajstić information content (AvgIpc) is 2.90. The third-order valence-corrected chi connectivity index (χ3v) is 3.82. The summed E-state index contributed by atoms with van der Waals surface area (Å²) < 4.78 is 6.96. The van der Waals surface area contributed by atoms with Crippen LogP contribution in [0.3, 0.4) is 0 Å². The average molecular weight is 342 g/mol. The summed E-state index contributed by atoms with van der Waals surface area (Å²) in [4.78, 5) is 12.3. The Morgan fingerprint density at radius 3 is 2.29 bits per heavy atom. The fourth-order valence-corrected chi connectivity index (χ4v) is 2.62. The zero-order valence-electron chi connectivity index (χ0n) is 13.6. The molecule has 0 bridgehead atoms. The Kier molecular flexibility index (Phi) is 4.36. The summed E-state index contributed by atoms with van der Waals surface area (Å²) in [6.07, 6.45) is 0. The highest BCUT2D eigenvalue weighted by Crippen LogP contribution is 2.19. The van der Waals surface area contributed by atoms with Crippen molar-refractivity contribution in [2.24, 2.45) is 0 Å². The maximum Gasteiger partial charge on any atom is 0.366 e. The second kappa shape index (κ2) is 6.45. The van der Waals surface area contributed by atoms with Crippen LogP contribution in [0.4, 0.5) is 0 Å². The largest absolute Gasteiger partial charge is 0.422 e. The van der Waals surface area contributed by atoms with Crippen LogP contribution in [0.5, 0.6) is 5.75 Å². The Balaban J connectivity index is 1.89. The van der Waals surface area contributed by atoms with E-state index in [1.165, 1.54) is 0 Å². The van der Waals surface area contributed by atoms with Crippen molar-refractivity contribution < 1.29 is 9.53 Å². The molecule has 6 heteroatoms. The van der Waals surface area contributed by atoms with Gasteiger partial charge in [-0.15, -0.1) is 5.10 Å². The van der Waals surface area contributed by atoms with Gasteiger partial charge in [0.25, 0.3) is 0 Å². The Labute approximate surface area is 144 Å². The van der Waals surface area contributed by atoms with Gasteiger partial charge in [0.05, 0.1) is 11.4 Å².